The highest BCUT2D eigenvalue weighted by Gasteiger charge is 2.58. The van der Waals surface area contributed by atoms with Crippen LogP contribution >= 0.6 is 0 Å². The van der Waals surface area contributed by atoms with Gasteiger partial charge in [-0.25, -0.2) is 9.59 Å². The highest BCUT2D eigenvalue weighted by atomic mass is 19.4. The largest absolute Gasteiger partial charge is 0.479 e. The van der Waals surface area contributed by atoms with Crippen molar-refractivity contribution < 1.29 is 27.9 Å². The van der Waals surface area contributed by atoms with Crippen molar-refractivity contribution in [2.75, 3.05) is 26.2 Å². The molecule has 0 aromatic heterocycles. The highest BCUT2D eigenvalue weighted by molar-refractivity contribution is 5.86. The Balaban J connectivity index is 2.35. The molecule has 122 valence electrons. The minimum absolute atomic E-state index is 0.190. The van der Waals surface area contributed by atoms with Crippen molar-refractivity contribution >= 4 is 12.0 Å². The van der Waals surface area contributed by atoms with Crippen molar-refractivity contribution in [3.8, 4) is 0 Å². The summed E-state index contributed by atoms with van der Waals surface area (Å²) in [5.41, 5.74) is -3.30. The molecule has 1 atom stereocenters. The summed E-state index contributed by atoms with van der Waals surface area (Å²) >= 11 is 0. The van der Waals surface area contributed by atoms with Gasteiger partial charge in [0.05, 0.1) is 0 Å². The molecule has 21 heavy (non-hydrogen) atoms. The zero-order chi connectivity index (χ0) is 16.1. The maximum Gasteiger partial charge on any atom is 0.422 e. The number of halogens is 3. The van der Waals surface area contributed by atoms with E-state index in [0.717, 1.165) is 32.5 Å². The smallest absolute Gasteiger partial charge is 0.422 e. The van der Waals surface area contributed by atoms with E-state index >= 15 is 0 Å². The average molecular weight is 311 g/mol. The van der Waals surface area contributed by atoms with Crippen molar-refractivity contribution in [1.29, 1.82) is 0 Å². The van der Waals surface area contributed by atoms with Crippen LogP contribution in [0.5, 0.6) is 0 Å². The Kier molecular flexibility index (Phi) is 5.82. The number of nitrogens with zero attached hydrogens (tertiary/aromatic N) is 1. The fraction of sp³-hybridized carbons (Fsp3) is 0.833. The number of nitrogens with one attached hydrogen (secondary N) is 2. The lowest BCUT2D eigenvalue weighted by Crippen LogP contribution is -2.63. The van der Waals surface area contributed by atoms with Crippen molar-refractivity contribution in [1.82, 2.24) is 15.5 Å². The fourth-order valence-corrected chi connectivity index (χ4v) is 2.03. The number of hydrogen-bond donors (Lipinski definition) is 3. The van der Waals surface area contributed by atoms with Crippen LogP contribution in [0.15, 0.2) is 0 Å². The first-order valence-electron chi connectivity index (χ1n) is 6.75. The summed E-state index contributed by atoms with van der Waals surface area (Å²) in [6.07, 6.45) is -2.21. The Bertz CT molecular complexity index is 384. The normalized spacial score (nSPS) is 19.0. The summed E-state index contributed by atoms with van der Waals surface area (Å²) in [5, 5.41) is 12.4. The van der Waals surface area contributed by atoms with E-state index in [1.165, 1.54) is 5.32 Å². The third-order valence-corrected chi connectivity index (χ3v) is 3.49. The summed E-state index contributed by atoms with van der Waals surface area (Å²) in [6, 6.07) is -1.14. The highest BCUT2D eigenvalue weighted by Crippen LogP contribution is 2.30. The molecule has 1 heterocycles. The summed E-state index contributed by atoms with van der Waals surface area (Å²) < 4.78 is 38.0. The molecule has 1 rings (SSSR count). The molecule has 9 heteroatoms. The number of alkyl halides is 3. The maximum absolute atomic E-state index is 12.7. The Morgan fingerprint density at radius 3 is 2.29 bits per heavy atom. The van der Waals surface area contributed by atoms with Crippen LogP contribution in [-0.2, 0) is 4.79 Å². The number of likely N-dealkylation sites (tertiary alicyclic amines) is 1. The van der Waals surface area contributed by atoms with Gasteiger partial charge in [0.2, 0.25) is 5.54 Å². The van der Waals surface area contributed by atoms with Crippen LogP contribution in [0.25, 0.3) is 0 Å². The Hall–Kier alpha value is -1.51. The van der Waals surface area contributed by atoms with Crippen LogP contribution in [0.1, 0.15) is 26.2 Å². The van der Waals surface area contributed by atoms with E-state index in [1.807, 2.05) is 0 Å². The molecule has 1 fully saturated rings. The standard InChI is InChI=1S/C12H20F3N3O3/c1-11(9(19)20,12(13,14)15)17-10(21)16-5-4-8-18-6-2-3-7-18/h2-8H2,1H3,(H,19,20)(H2,16,17,21). The molecule has 2 amide bonds. The molecule has 1 saturated heterocycles. The number of amides is 2. The molecule has 0 spiro atoms. The van der Waals surface area contributed by atoms with Gasteiger partial charge >= 0.3 is 18.2 Å². The van der Waals surface area contributed by atoms with Gasteiger partial charge in [0.15, 0.2) is 0 Å². The number of hydrogen-bond acceptors (Lipinski definition) is 3. The first kappa shape index (κ1) is 17.5. The van der Waals surface area contributed by atoms with E-state index in [2.05, 4.69) is 10.2 Å². The number of rotatable bonds is 6. The molecule has 0 radical (unpaired) electrons. The quantitative estimate of drug-likeness (QED) is 0.643. The molecule has 1 unspecified atom stereocenters. The lowest BCUT2D eigenvalue weighted by molar-refractivity contribution is -0.203. The maximum atomic E-state index is 12.7. The lowest BCUT2D eigenvalue weighted by Gasteiger charge is -2.28. The minimum Gasteiger partial charge on any atom is -0.479 e. The SMILES string of the molecule is CC(NC(=O)NCCCN1CCCC1)(C(=O)O)C(F)(F)F. The summed E-state index contributed by atoms with van der Waals surface area (Å²) in [7, 11) is 0. The van der Waals surface area contributed by atoms with Gasteiger partial charge in [0.1, 0.15) is 0 Å². The Morgan fingerprint density at radius 1 is 1.24 bits per heavy atom. The van der Waals surface area contributed by atoms with E-state index in [1.54, 1.807) is 0 Å². The second kappa shape index (κ2) is 6.97. The van der Waals surface area contributed by atoms with Crippen LogP contribution in [0.3, 0.4) is 0 Å². The third-order valence-electron chi connectivity index (χ3n) is 3.49. The molecule has 6 nitrogen and oxygen atoms in total. The van der Waals surface area contributed by atoms with Crippen LogP contribution in [0.4, 0.5) is 18.0 Å². The molecule has 0 aromatic carbocycles. The first-order valence-corrected chi connectivity index (χ1v) is 6.75. The predicted octanol–water partition coefficient (Wildman–Crippen LogP) is 1.18. The van der Waals surface area contributed by atoms with Gasteiger partial charge in [-0.05, 0) is 45.8 Å². The predicted molar refractivity (Wildman–Crippen MR) is 68.9 cm³/mol. The molecular formula is C12H20F3N3O3. The molecule has 1 aliphatic rings. The van der Waals surface area contributed by atoms with Gasteiger partial charge in [-0.15, -0.1) is 0 Å². The van der Waals surface area contributed by atoms with Crippen LogP contribution in [0, 0.1) is 0 Å². The summed E-state index contributed by atoms with van der Waals surface area (Å²) in [6.45, 7) is 3.36. The monoisotopic (exact) mass is 311 g/mol. The molecule has 0 aliphatic carbocycles. The summed E-state index contributed by atoms with van der Waals surface area (Å²) in [5.74, 6) is -2.15. The van der Waals surface area contributed by atoms with E-state index < -0.39 is 23.7 Å². The average Bonchev–Trinajstić information content (AvgIpc) is 2.86. The zero-order valence-corrected chi connectivity index (χ0v) is 11.8. The van der Waals surface area contributed by atoms with Gasteiger partial charge in [-0.3, -0.25) is 0 Å². The van der Waals surface area contributed by atoms with Gasteiger partial charge in [-0.1, -0.05) is 0 Å². The molecule has 0 aromatic rings. The topological polar surface area (TPSA) is 81.7 Å². The minimum atomic E-state index is -5.08. The second-order valence-corrected chi connectivity index (χ2v) is 5.21. The number of urea groups is 1. The number of aliphatic carboxylic acids is 1. The van der Waals surface area contributed by atoms with Gasteiger partial charge in [-0.2, -0.15) is 13.2 Å². The number of carbonyl (C=O) groups is 2. The van der Waals surface area contributed by atoms with Crippen molar-refractivity contribution in [2.24, 2.45) is 0 Å². The molecule has 3 N–H and O–H groups in total. The Labute approximate surface area is 120 Å². The fourth-order valence-electron chi connectivity index (χ4n) is 2.03. The van der Waals surface area contributed by atoms with Gasteiger partial charge < -0.3 is 20.6 Å². The number of carbonyl (C=O) groups excluding carboxylic acids is 1. The number of carboxylic acids is 1. The van der Waals surface area contributed by atoms with E-state index in [-0.39, 0.29) is 6.54 Å². The van der Waals surface area contributed by atoms with Gasteiger partial charge in [0.25, 0.3) is 0 Å². The van der Waals surface area contributed by atoms with E-state index in [9.17, 15) is 22.8 Å². The van der Waals surface area contributed by atoms with Crippen LogP contribution in [-0.4, -0.2) is 59.9 Å². The molecular weight excluding hydrogens is 291 g/mol. The van der Waals surface area contributed by atoms with Gasteiger partial charge in [0, 0.05) is 6.54 Å². The van der Waals surface area contributed by atoms with Crippen molar-refractivity contribution in [3.63, 3.8) is 0 Å². The zero-order valence-electron chi connectivity index (χ0n) is 11.8. The number of carboxylic acid groups (broad SMARTS) is 1. The first-order chi connectivity index (χ1) is 9.67. The second-order valence-electron chi connectivity index (χ2n) is 5.21. The summed E-state index contributed by atoms with van der Waals surface area (Å²) in [4.78, 5) is 24.3. The molecule has 0 bridgehead atoms. The van der Waals surface area contributed by atoms with Crippen molar-refractivity contribution in [3.05, 3.63) is 0 Å². The Morgan fingerprint density at radius 2 is 1.81 bits per heavy atom. The molecule has 1 aliphatic heterocycles. The van der Waals surface area contributed by atoms with Crippen LogP contribution < -0.4 is 10.6 Å². The molecule has 0 saturated carbocycles. The van der Waals surface area contributed by atoms with E-state index in [0.29, 0.717) is 13.3 Å². The third kappa shape index (κ3) is 4.76. The van der Waals surface area contributed by atoms with Crippen molar-refractivity contribution in [2.45, 2.75) is 37.9 Å². The van der Waals surface area contributed by atoms with Crippen LogP contribution in [0.2, 0.25) is 0 Å². The van der Waals surface area contributed by atoms with E-state index in [4.69, 9.17) is 5.11 Å². The lowest BCUT2D eigenvalue weighted by atomic mass is 10.0.